The van der Waals surface area contributed by atoms with E-state index in [1.165, 1.54) is 26.4 Å². The third-order valence-corrected chi connectivity index (χ3v) is 3.72. The molecule has 1 N–H and O–H groups in total. The molecule has 0 saturated carbocycles. The van der Waals surface area contributed by atoms with Gasteiger partial charge in [0.25, 0.3) is 0 Å². The van der Waals surface area contributed by atoms with Gasteiger partial charge in [-0.3, -0.25) is 0 Å². The van der Waals surface area contributed by atoms with E-state index >= 15 is 0 Å². The number of hydrogen-bond acceptors (Lipinski definition) is 5. The molecule has 124 valence electrons. The summed E-state index contributed by atoms with van der Waals surface area (Å²) in [5.41, 5.74) is 2.13. The molecule has 0 radical (unpaired) electrons. The van der Waals surface area contributed by atoms with Crippen LogP contribution in [-0.2, 0) is 6.61 Å². The molecular formula is C18H16FNO4. The number of aliphatic hydroxyl groups excluding tert-OH is 1. The van der Waals surface area contributed by atoms with Crippen LogP contribution in [0.2, 0.25) is 0 Å². The third-order valence-electron chi connectivity index (χ3n) is 3.72. The average molecular weight is 329 g/mol. The Kier molecular flexibility index (Phi) is 4.48. The summed E-state index contributed by atoms with van der Waals surface area (Å²) in [6.45, 7) is -0.299. The second kappa shape index (κ2) is 6.72. The van der Waals surface area contributed by atoms with Gasteiger partial charge in [0.2, 0.25) is 0 Å². The van der Waals surface area contributed by atoms with Crippen molar-refractivity contribution in [1.82, 2.24) is 5.16 Å². The van der Waals surface area contributed by atoms with Crippen LogP contribution in [0.5, 0.6) is 11.5 Å². The molecule has 24 heavy (non-hydrogen) atoms. The van der Waals surface area contributed by atoms with Gasteiger partial charge in [-0.2, -0.15) is 0 Å². The molecule has 0 aliphatic heterocycles. The van der Waals surface area contributed by atoms with E-state index in [0.717, 1.165) is 0 Å². The van der Waals surface area contributed by atoms with Crippen LogP contribution in [0.15, 0.2) is 47.0 Å². The largest absolute Gasteiger partial charge is 0.496 e. The summed E-state index contributed by atoms with van der Waals surface area (Å²) in [4.78, 5) is 0. The van der Waals surface area contributed by atoms with Crippen molar-refractivity contribution in [1.29, 1.82) is 0 Å². The van der Waals surface area contributed by atoms with Crippen molar-refractivity contribution in [3.8, 4) is 34.1 Å². The highest BCUT2D eigenvalue weighted by molar-refractivity contribution is 5.79. The molecule has 0 saturated heterocycles. The molecule has 0 aliphatic carbocycles. The van der Waals surface area contributed by atoms with Crippen LogP contribution in [-0.4, -0.2) is 24.5 Å². The van der Waals surface area contributed by atoms with Crippen LogP contribution in [0.3, 0.4) is 0 Å². The average Bonchev–Trinajstić information content (AvgIpc) is 3.05. The molecule has 3 aromatic rings. The third kappa shape index (κ3) is 2.72. The molecule has 0 amide bonds. The topological polar surface area (TPSA) is 64.7 Å². The molecule has 0 aliphatic rings. The maximum absolute atomic E-state index is 13.1. The highest BCUT2D eigenvalue weighted by Gasteiger charge is 2.24. The zero-order valence-electron chi connectivity index (χ0n) is 13.2. The number of benzene rings is 2. The maximum Gasteiger partial charge on any atom is 0.180 e. The van der Waals surface area contributed by atoms with Crippen LogP contribution in [0.25, 0.3) is 22.6 Å². The quantitative estimate of drug-likeness (QED) is 0.774. The Hall–Kier alpha value is -2.86. The summed E-state index contributed by atoms with van der Waals surface area (Å²) in [5, 5.41) is 13.9. The minimum Gasteiger partial charge on any atom is -0.496 e. The van der Waals surface area contributed by atoms with E-state index < -0.39 is 0 Å². The lowest BCUT2D eigenvalue weighted by Crippen LogP contribution is -1.95. The van der Waals surface area contributed by atoms with E-state index in [0.29, 0.717) is 39.6 Å². The molecule has 1 aromatic heterocycles. The highest BCUT2D eigenvalue weighted by atomic mass is 19.1. The van der Waals surface area contributed by atoms with Crippen molar-refractivity contribution in [3.05, 3.63) is 53.8 Å². The van der Waals surface area contributed by atoms with E-state index in [4.69, 9.17) is 14.0 Å². The number of halogens is 1. The fraction of sp³-hybridized carbons (Fsp3) is 0.167. The van der Waals surface area contributed by atoms with Crippen molar-refractivity contribution in [3.63, 3.8) is 0 Å². The monoisotopic (exact) mass is 329 g/mol. The van der Waals surface area contributed by atoms with Crippen molar-refractivity contribution in [2.45, 2.75) is 6.61 Å². The van der Waals surface area contributed by atoms with Crippen LogP contribution >= 0.6 is 0 Å². The van der Waals surface area contributed by atoms with Gasteiger partial charge in [-0.25, -0.2) is 4.39 Å². The standard InChI is InChI=1S/C18H16FNO4/c1-22-14-4-3-5-15(23-2)16(14)18-13(10-21)17(20-24-18)11-6-8-12(19)9-7-11/h3-9,21H,10H2,1-2H3. The van der Waals surface area contributed by atoms with Gasteiger partial charge in [-0.15, -0.1) is 0 Å². The molecule has 0 spiro atoms. The zero-order valence-corrected chi connectivity index (χ0v) is 13.2. The van der Waals surface area contributed by atoms with Crippen LogP contribution < -0.4 is 9.47 Å². The van der Waals surface area contributed by atoms with Gasteiger partial charge < -0.3 is 19.1 Å². The van der Waals surface area contributed by atoms with Crippen molar-refractivity contribution < 1.29 is 23.5 Å². The Morgan fingerprint density at radius 3 is 2.21 bits per heavy atom. The molecule has 3 rings (SSSR count). The molecule has 5 nitrogen and oxygen atoms in total. The smallest absolute Gasteiger partial charge is 0.180 e. The van der Waals surface area contributed by atoms with Crippen LogP contribution in [0.4, 0.5) is 4.39 Å². The Morgan fingerprint density at radius 1 is 1.04 bits per heavy atom. The molecule has 0 unspecified atom stereocenters. The van der Waals surface area contributed by atoms with Crippen molar-refractivity contribution in [2.75, 3.05) is 14.2 Å². The Labute approximate surface area is 138 Å². The zero-order chi connectivity index (χ0) is 17.1. The molecule has 2 aromatic carbocycles. The number of methoxy groups -OCH3 is 2. The van der Waals surface area contributed by atoms with E-state index in [9.17, 15) is 9.50 Å². The van der Waals surface area contributed by atoms with Gasteiger partial charge in [0, 0.05) is 5.56 Å². The fourth-order valence-corrected chi connectivity index (χ4v) is 2.56. The highest BCUT2D eigenvalue weighted by Crippen LogP contribution is 2.42. The Balaban J connectivity index is 2.19. The second-order valence-electron chi connectivity index (χ2n) is 5.04. The first kappa shape index (κ1) is 16.0. The van der Waals surface area contributed by atoms with Crippen LogP contribution in [0, 0.1) is 5.82 Å². The number of ether oxygens (including phenoxy) is 2. The van der Waals surface area contributed by atoms with Gasteiger partial charge in [0.1, 0.15) is 28.6 Å². The SMILES string of the molecule is COc1cccc(OC)c1-c1onc(-c2ccc(F)cc2)c1CO. The maximum atomic E-state index is 13.1. The van der Waals surface area contributed by atoms with Crippen molar-refractivity contribution in [2.24, 2.45) is 0 Å². The van der Waals surface area contributed by atoms with E-state index in [-0.39, 0.29) is 12.4 Å². The van der Waals surface area contributed by atoms with Crippen LogP contribution in [0.1, 0.15) is 5.56 Å². The summed E-state index contributed by atoms with van der Waals surface area (Å²) >= 11 is 0. The van der Waals surface area contributed by atoms with Gasteiger partial charge >= 0.3 is 0 Å². The second-order valence-corrected chi connectivity index (χ2v) is 5.04. The summed E-state index contributed by atoms with van der Waals surface area (Å²) in [5.74, 6) is 1.07. The van der Waals surface area contributed by atoms with E-state index in [2.05, 4.69) is 5.16 Å². The van der Waals surface area contributed by atoms with E-state index in [1.54, 1.807) is 30.3 Å². The molecular weight excluding hydrogens is 313 g/mol. The van der Waals surface area contributed by atoms with Gasteiger partial charge in [0.15, 0.2) is 5.76 Å². The summed E-state index contributed by atoms with van der Waals surface area (Å²) in [6.07, 6.45) is 0. The minimum atomic E-state index is -0.348. The molecule has 0 atom stereocenters. The number of nitrogens with zero attached hydrogens (tertiary/aromatic N) is 1. The normalized spacial score (nSPS) is 10.7. The number of aromatic nitrogens is 1. The molecule has 1 heterocycles. The lowest BCUT2D eigenvalue weighted by molar-refractivity contribution is 0.281. The summed E-state index contributed by atoms with van der Waals surface area (Å²) < 4.78 is 29.4. The Morgan fingerprint density at radius 2 is 1.67 bits per heavy atom. The summed E-state index contributed by atoms with van der Waals surface area (Å²) in [7, 11) is 3.07. The summed E-state index contributed by atoms with van der Waals surface area (Å²) in [6, 6.07) is 11.1. The number of aliphatic hydroxyl groups is 1. The molecule has 6 heteroatoms. The van der Waals surface area contributed by atoms with Crippen molar-refractivity contribution >= 4 is 0 Å². The first-order valence-electron chi connectivity index (χ1n) is 7.26. The van der Waals surface area contributed by atoms with E-state index in [1.807, 2.05) is 0 Å². The molecule has 0 fully saturated rings. The molecule has 0 bridgehead atoms. The number of rotatable bonds is 5. The minimum absolute atomic E-state index is 0.299. The fourth-order valence-electron chi connectivity index (χ4n) is 2.56. The van der Waals surface area contributed by atoms with Gasteiger partial charge in [0.05, 0.1) is 26.4 Å². The van der Waals surface area contributed by atoms with Gasteiger partial charge in [-0.05, 0) is 36.4 Å². The Bertz CT molecular complexity index is 820. The predicted octanol–water partition coefficient (Wildman–Crippen LogP) is 3.66. The predicted molar refractivity (Wildman–Crippen MR) is 86.4 cm³/mol. The first-order valence-corrected chi connectivity index (χ1v) is 7.26. The first-order chi connectivity index (χ1) is 11.7. The number of hydrogen-bond donors (Lipinski definition) is 1. The van der Waals surface area contributed by atoms with Gasteiger partial charge in [-0.1, -0.05) is 11.2 Å². The lowest BCUT2D eigenvalue weighted by atomic mass is 10.0. The lowest BCUT2D eigenvalue weighted by Gasteiger charge is -2.11.